The maximum absolute atomic E-state index is 12.6. The highest BCUT2D eigenvalue weighted by Crippen LogP contribution is 2.29. The molecule has 2 heterocycles. The van der Waals surface area contributed by atoms with E-state index in [0.717, 1.165) is 45.2 Å². The zero-order valence-electron chi connectivity index (χ0n) is 14.8. The highest BCUT2D eigenvalue weighted by molar-refractivity contribution is 5.78. The van der Waals surface area contributed by atoms with Gasteiger partial charge >= 0.3 is 0 Å². The van der Waals surface area contributed by atoms with Crippen LogP contribution >= 0.6 is 0 Å². The molecule has 0 saturated carbocycles. The van der Waals surface area contributed by atoms with Crippen LogP contribution in [-0.2, 0) is 20.7 Å². The molecule has 1 aromatic rings. The van der Waals surface area contributed by atoms with Crippen LogP contribution in [0.1, 0.15) is 42.9 Å². The Morgan fingerprint density at radius 1 is 1.16 bits per heavy atom. The molecule has 136 valence electrons. The molecule has 1 amide bonds. The Labute approximate surface area is 149 Å². The summed E-state index contributed by atoms with van der Waals surface area (Å²) in [7, 11) is 0. The lowest BCUT2D eigenvalue weighted by molar-refractivity contribution is -0.126. The Hall–Kier alpha value is -1.43. The largest absolute Gasteiger partial charge is 0.350 e. The zero-order chi connectivity index (χ0) is 17.1. The van der Waals surface area contributed by atoms with Gasteiger partial charge in [0.2, 0.25) is 5.91 Å². The number of nitrogens with one attached hydrogen (secondary N) is 1. The van der Waals surface area contributed by atoms with E-state index in [1.54, 1.807) is 0 Å². The summed E-state index contributed by atoms with van der Waals surface area (Å²) in [5, 5.41) is 3.26. The lowest BCUT2D eigenvalue weighted by Crippen LogP contribution is -2.46. The molecule has 1 aliphatic carbocycles. The number of carbonyl (C=O) groups is 1. The fraction of sp³-hybridized carbons (Fsp3) is 0.650. The molecule has 1 N–H and O–H groups in total. The molecule has 2 atom stereocenters. The van der Waals surface area contributed by atoms with Gasteiger partial charge in [-0.2, -0.15) is 0 Å². The lowest BCUT2D eigenvalue weighted by Gasteiger charge is -2.34. The summed E-state index contributed by atoms with van der Waals surface area (Å²) in [6.45, 7) is 3.74. The fourth-order valence-corrected chi connectivity index (χ4v) is 4.45. The molecule has 2 saturated heterocycles. The van der Waals surface area contributed by atoms with E-state index in [0.29, 0.717) is 25.7 Å². The van der Waals surface area contributed by atoms with Gasteiger partial charge in [-0.1, -0.05) is 24.3 Å². The summed E-state index contributed by atoms with van der Waals surface area (Å²) >= 11 is 0. The SMILES string of the molecule is O=C(CN1CCC[C@H](C2OCCO2)C1)N[C@@H]1CCCc2ccccc21. The van der Waals surface area contributed by atoms with E-state index in [-0.39, 0.29) is 18.2 Å². The van der Waals surface area contributed by atoms with Gasteiger partial charge in [-0.15, -0.1) is 0 Å². The minimum atomic E-state index is -0.0731. The van der Waals surface area contributed by atoms with E-state index in [9.17, 15) is 4.79 Å². The van der Waals surface area contributed by atoms with Crippen LogP contribution in [0.3, 0.4) is 0 Å². The van der Waals surface area contributed by atoms with Gasteiger partial charge in [0.15, 0.2) is 6.29 Å². The van der Waals surface area contributed by atoms with E-state index >= 15 is 0 Å². The lowest BCUT2D eigenvalue weighted by atomic mass is 9.88. The van der Waals surface area contributed by atoms with Crippen LogP contribution < -0.4 is 5.32 Å². The number of hydrogen-bond acceptors (Lipinski definition) is 4. The molecular weight excluding hydrogens is 316 g/mol. The number of likely N-dealkylation sites (tertiary alicyclic amines) is 1. The van der Waals surface area contributed by atoms with Crippen molar-refractivity contribution in [3.63, 3.8) is 0 Å². The molecule has 0 radical (unpaired) electrons. The van der Waals surface area contributed by atoms with Gasteiger partial charge in [0.1, 0.15) is 0 Å². The van der Waals surface area contributed by atoms with Crippen molar-refractivity contribution in [1.82, 2.24) is 10.2 Å². The average Bonchev–Trinajstić information content (AvgIpc) is 3.17. The number of piperidine rings is 1. The molecular formula is C20H28N2O3. The maximum atomic E-state index is 12.6. The average molecular weight is 344 g/mol. The second-order valence-corrected chi connectivity index (χ2v) is 7.46. The predicted octanol–water partition coefficient (Wildman–Crippen LogP) is 2.27. The van der Waals surface area contributed by atoms with Crippen molar-refractivity contribution < 1.29 is 14.3 Å². The number of nitrogens with zero attached hydrogens (tertiary/aromatic N) is 1. The second-order valence-electron chi connectivity index (χ2n) is 7.46. The Balaban J connectivity index is 1.32. The molecule has 0 unspecified atom stereocenters. The smallest absolute Gasteiger partial charge is 0.234 e. The summed E-state index contributed by atoms with van der Waals surface area (Å²) < 4.78 is 11.3. The topological polar surface area (TPSA) is 50.8 Å². The van der Waals surface area contributed by atoms with E-state index in [1.165, 1.54) is 11.1 Å². The van der Waals surface area contributed by atoms with Crippen molar-refractivity contribution in [3.05, 3.63) is 35.4 Å². The number of ether oxygens (including phenoxy) is 2. The first-order valence-corrected chi connectivity index (χ1v) is 9.62. The minimum Gasteiger partial charge on any atom is -0.350 e. The molecule has 25 heavy (non-hydrogen) atoms. The fourth-order valence-electron chi connectivity index (χ4n) is 4.45. The summed E-state index contributed by atoms with van der Waals surface area (Å²) in [6.07, 6.45) is 5.46. The molecule has 0 spiro atoms. The standard InChI is InChI=1S/C20H28N2O3/c23-19(21-18-9-3-6-15-5-1-2-8-17(15)18)14-22-10-4-7-16(13-22)20-24-11-12-25-20/h1-2,5,8,16,18,20H,3-4,6-7,9-14H2,(H,21,23)/t16-,18+/m0/s1. The van der Waals surface area contributed by atoms with Crippen molar-refractivity contribution in [2.45, 2.75) is 44.4 Å². The van der Waals surface area contributed by atoms with Crippen LogP contribution in [0, 0.1) is 5.92 Å². The molecule has 4 rings (SSSR count). The van der Waals surface area contributed by atoms with Crippen molar-refractivity contribution in [1.29, 1.82) is 0 Å². The molecule has 2 aliphatic heterocycles. The number of fused-ring (bicyclic) bond motifs is 1. The third-order valence-corrected chi connectivity index (χ3v) is 5.65. The summed E-state index contributed by atoms with van der Waals surface area (Å²) in [5.74, 6) is 0.523. The number of benzene rings is 1. The van der Waals surface area contributed by atoms with Gasteiger partial charge in [0, 0.05) is 12.5 Å². The normalized spacial score (nSPS) is 27.8. The maximum Gasteiger partial charge on any atom is 0.234 e. The van der Waals surface area contributed by atoms with Gasteiger partial charge in [0.05, 0.1) is 25.8 Å². The summed E-state index contributed by atoms with van der Waals surface area (Å²) in [4.78, 5) is 14.9. The van der Waals surface area contributed by atoms with Crippen LogP contribution in [0.25, 0.3) is 0 Å². The van der Waals surface area contributed by atoms with Gasteiger partial charge in [-0.05, 0) is 49.8 Å². The van der Waals surface area contributed by atoms with E-state index in [1.807, 2.05) is 0 Å². The molecule has 0 aromatic heterocycles. The molecule has 5 heteroatoms. The van der Waals surface area contributed by atoms with E-state index < -0.39 is 0 Å². The zero-order valence-corrected chi connectivity index (χ0v) is 14.8. The highest BCUT2D eigenvalue weighted by Gasteiger charge is 2.32. The third-order valence-electron chi connectivity index (χ3n) is 5.65. The van der Waals surface area contributed by atoms with Gasteiger partial charge in [-0.3, -0.25) is 9.69 Å². The van der Waals surface area contributed by atoms with Crippen molar-refractivity contribution in [2.75, 3.05) is 32.8 Å². The number of carbonyl (C=O) groups excluding carboxylic acids is 1. The quantitative estimate of drug-likeness (QED) is 0.910. The third kappa shape index (κ3) is 4.05. The number of amides is 1. The van der Waals surface area contributed by atoms with Crippen LogP contribution in [-0.4, -0.2) is 49.9 Å². The van der Waals surface area contributed by atoms with Crippen LogP contribution in [0.4, 0.5) is 0 Å². The Morgan fingerprint density at radius 3 is 2.88 bits per heavy atom. The van der Waals surface area contributed by atoms with Crippen molar-refractivity contribution >= 4 is 5.91 Å². The summed E-state index contributed by atoms with van der Waals surface area (Å²) in [5.41, 5.74) is 2.68. The van der Waals surface area contributed by atoms with Crippen LogP contribution in [0.5, 0.6) is 0 Å². The van der Waals surface area contributed by atoms with Crippen LogP contribution in [0.2, 0.25) is 0 Å². The minimum absolute atomic E-state index is 0.0731. The van der Waals surface area contributed by atoms with Crippen molar-refractivity contribution in [2.24, 2.45) is 5.92 Å². The first kappa shape index (κ1) is 17.0. The van der Waals surface area contributed by atoms with Gasteiger partial charge in [-0.25, -0.2) is 0 Å². The van der Waals surface area contributed by atoms with Crippen LogP contribution in [0.15, 0.2) is 24.3 Å². The molecule has 2 fully saturated rings. The number of hydrogen-bond donors (Lipinski definition) is 1. The Kier molecular flexibility index (Phi) is 5.34. The number of rotatable bonds is 4. The monoisotopic (exact) mass is 344 g/mol. The molecule has 1 aromatic carbocycles. The molecule has 5 nitrogen and oxygen atoms in total. The predicted molar refractivity (Wildman–Crippen MR) is 95.1 cm³/mol. The Morgan fingerprint density at radius 2 is 2.00 bits per heavy atom. The van der Waals surface area contributed by atoms with E-state index in [2.05, 4.69) is 34.5 Å². The van der Waals surface area contributed by atoms with E-state index in [4.69, 9.17) is 9.47 Å². The second kappa shape index (κ2) is 7.85. The number of aryl methyl sites for hydroxylation is 1. The van der Waals surface area contributed by atoms with Crippen molar-refractivity contribution in [3.8, 4) is 0 Å². The first-order chi connectivity index (χ1) is 12.3. The molecule has 3 aliphatic rings. The first-order valence-electron chi connectivity index (χ1n) is 9.62. The van der Waals surface area contributed by atoms with Gasteiger partial charge in [0.25, 0.3) is 0 Å². The highest BCUT2D eigenvalue weighted by atomic mass is 16.7. The molecule has 0 bridgehead atoms. The Bertz CT molecular complexity index is 600. The van der Waals surface area contributed by atoms with Gasteiger partial charge < -0.3 is 14.8 Å². The summed E-state index contributed by atoms with van der Waals surface area (Å²) in [6, 6.07) is 8.67.